The predicted molar refractivity (Wildman–Crippen MR) is 60.9 cm³/mol. The van der Waals surface area contributed by atoms with E-state index in [4.69, 9.17) is 4.74 Å². The summed E-state index contributed by atoms with van der Waals surface area (Å²) in [6.07, 6.45) is 2.30. The number of rotatable bonds is 4. The Labute approximate surface area is 82.7 Å². The van der Waals surface area contributed by atoms with Gasteiger partial charge < -0.3 is 4.74 Å². The monoisotopic (exact) mass is 196 g/mol. The lowest BCUT2D eigenvalue weighted by atomic mass is 10.2. The topological polar surface area (TPSA) is 9.23 Å². The zero-order valence-electron chi connectivity index (χ0n) is 8.34. The molecule has 0 heterocycles. The Morgan fingerprint density at radius 3 is 2.77 bits per heavy atom. The molecule has 0 spiro atoms. The van der Waals surface area contributed by atoms with E-state index in [0.29, 0.717) is 0 Å². The molecule has 0 bridgehead atoms. The molecule has 1 atom stereocenters. The fourth-order valence-corrected chi connectivity index (χ4v) is 1.57. The zero-order valence-corrected chi connectivity index (χ0v) is 9.49. The molecule has 0 aliphatic heterocycles. The van der Waals surface area contributed by atoms with Crippen molar-refractivity contribution in [2.45, 2.75) is 26.7 Å². The summed E-state index contributed by atoms with van der Waals surface area (Å²) < 4.78 is 5.61. The molecule has 0 aromatic heterocycles. The van der Waals surface area contributed by atoms with Crippen LogP contribution in [0.3, 0.4) is 0 Å². The van der Waals surface area contributed by atoms with Gasteiger partial charge in [-0.2, -0.15) is 0 Å². The van der Waals surface area contributed by atoms with E-state index in [1.165, 1.54) is 12.0 Å². The lowest BCUT2D eigenvalue weighted by molar-refractivity contribution is 0.312. The Bertz CT molecular complexity index is 271. The normalized spacial score (nSPS) is 10.1. The molecule has 1 aromatic carbocycles. The van der Waals surface area contributed by atoms with Gasteiger partial charge in [-0.05, 0) is 25.5 Å². The van der Waals surface area contributed by atoms with Gasteiger partial charge >= 0.3 is 0 Å². The lowest BCUT2D eigenvalue weighted by Crippen LogP contribution is -2.04. The van der Waals surface area contributed by atoms with E-state index >= 15 is 0 Å². The van der Waals surface area contributed by atoms with Crippen LogP contribution in [0, 0.1) is 6.92 Å². The van der Waals surface area contributed by atoms with Crippen LogP contribution in [0.4, 0.5) is 0 Å². The second kappa shape index (κ2) is 5.24. The number of hydrogen-bond acceptors (Lipinski definition) is 1. The summed E-state index contributed by atoms with van der Waals surface area (Å²) in [5, 5.41) is 1.15. The van der Waals surface area contributed by atoms with E-state index in [0.717, 1.165) is 24.1 Å². The summed E-state index contributed by atoms with van der Waals surface area (Å²) in [7, 11) is 2.71. The molecule has 1 nitrogen and oxygen atoms in total. The van der Waals surface area contributed by atoms with Crippen LogP contribution in [0.15, 0.2) is 18.2 Å². The molecule has 0 N–H and O–H groups in total. The average Bonchev–Trinajstić information content (AvgIpc) is 2.09. The van der Waals surface area contributed by atoms with E-state index in [2.05, 4.69) is 35.2 Å². The van der Waals surface area contributed by atoms with Crippen LogP contribution in [0.5, 0.6) is 5.75 Å². The molecular weight excluding hydrogens is 179 g/mol. The molecule has 1 unspecified atom stereocenters. The van der Waals surface area contributed by atoms with Crippen molar-refractivity contribution in [3.8, 4) is 5.75 Å². The van der Waals surface area contributed by atoms with Gasteiger partial charge in [-0.25, -0.2) is 0 Å². The van der Waals surface area contributed by atoms with E-state index in [9.17, 15) is 0 Å². The highest BCUT2D eigenvalue weighted by Crippen LogP contribution is 2.12. The van der Waals surface area contributed by atoms with Gasteiger partial charge in [0.05, 0.1) is 6.61 Å². The number of unbranched alkanes of at least 4 members (excludes halogenated alkanes) is 1. The second-order valence-electron chi connectivity index (χ2n) is 3.24. The van der Waals surface area contributed by atoms with E-state index in [-0.39, 0.29) is 0 Å². The van der Waals surface area contributed by atoms with Crippen molar-refractivity contribution in [3.63, 3.8) is 0 Å². The minimum absolute atomic E-state index is 0.820. The highest BCUT2D eigenvalue weighted by atomic mass is 31.0. The van der Waals surface area contributed by atoms with Crippen LogP contribution < -0.4 is 10.0 Å². The van der Waals surface area contributed by atoms with Crippen molar-refractivity contribution in [1.29, 1.82) is 0 Å². The van der Waals surface area contributed by atoms with E-state index in [1.807, 2.05) is 6.07 Å². The van der Waals surface area contributed by atoms with Crippen LogP contribution >= 0.6 is 9.24 Å². The zero-order chi connectivity index (χ0) is 9.68. The first-order chi connectivity index (χ1) is 6.24. The van der Waals surface area contributed by atoms with Crippen molar-refractivity contribution in [2.75, 3.05) is 6.61 Å². The molecule has 0 aliphatic rings. The quantitative estimate of drug-likeness (QED) is 0.531. The van der Waals surface area contributed by atoms with Crippen LogP contribution in [-0.2, 0) is 0 Å². The summed E-state index contributed by atoms with van der Waals surface area (Å²) >= 11 is 0. The van der Waals surface area contributed by atoms with E-state index in [1.54, 1.807) is 0 Å². The second-order valence-corrected chi connectivity index (χ2v) is 3.87. The number of aryl methyl sites for hydroxylation is 1. The smallest absolute Gasteiger partial charge is 0.126 e. The molecule has 0 fully saturated rings. The van der Waals surface area contributed by atoms with Gasteiger partial charge in [0, 0.05) is 5.30 Å². The first-order valence-corrected chi connectivity index (χ1v) is 5.30. The molecule has 0 saturated heterocycles. The summed E-state index contributed by atoms with van der Waals surface area (Å²) in [5.74, 6) is 0.990. The molecule has 2 heteroatoms. The van der Waals surface area contributed by atoms with Crippen LogP contribution in [-0.4, -0.2) is 6.61 Å². The minimum Gasteiger partial charge on any atom is -0.493 e. The summed E-state index contributed by atoms with van der Waals surface area (Å²) in [4.78, 5) is 0. The summed E-state index contributed by atoms with van der Waals surface area (Å²) in [5.41, 5.74) is 1.27. The van der Waals surface area contributed by atoms with Crippen molar-refractivity contribution in [2.24, 2.45) is 0 Å². The number of ether oxygens (including phenoxy) is 1. The fourth-order valence-electron chi connectivity index (χ4n) is 1.13. The molecule has 0 aliphatic carbocycles. The van der Waals surface area contributed by atoms with Gasteiger partial charge in [0.15, 0.2) is 0 Å². The molecular formula is C11H17OP. The van der Waals surface area contributed by atoms with Crippen LogP contribution in [0.2, 0.25) is 0 Å². The fraction of sp³-hybridized carbons (Fsp3) is 0.455. The lowest BCUT2D eigenvalue weighted by Gasteiger charge is -2.08. The molecule has 0 amide bonds. The first-order valence-electron chi connectivity index (χ1n) is 4.73. The first kappa shape index (κ1) is 10.5. The van der Waals surface area contributed by atoms with E-state index < -0.39 is 0 Å². The average molecular weight is 196 g/mol. The van der Waals surface area contributed by atoms with Gasteiger partial charge in [0.1, 0.15) is 5.75 Å². The Morgan fingerprint density at radius 1 is 1.38 bits per heavy atom. The highest BCUT2D eigenvalue weighted by molar-refractivity contribution is 7.27. The Morgan fingerprint density at radius 2 is 2.15 bits per heavy atom. The molecule has 13 heavy (non-hydrogen) atoms. The van der Waals surface area contributed by atoms with Gasteiger partial charge in [-0.15, -0.1) is 9.24 Å². The maximum Gasteiger partial charge on any atom is 0.126 e. The van der Waals surface area contributed by atoms with Gasteiger partial charge in [0.2, 0.25) is 0 Å². The number of benzene rings is 1. The SMILES string of the molecule is CCCCOc1ccc(C)cc1P. The van der Waals surface area contributed by atoms with Crippen molar-refractivity contribution >= 4 is 14.5 Å². The maximum atomic E-state index is 5.61. The maximum absolute atomic E-state index is 5.61. The summed E-state index contributed by atoms with van der Waals surface area (Å²) in [6, 6.07) is 6.23. The molecule has 0 radical (unpaired) electrons. The third-order valence-corrected chi connectivity index (χ3v) is 2.37. The summed E-state index contributed by atoms with van der Waals surface area (Å²) in [6.45, 7) is 5.07. The third-order valence-electron chi connectivity index (χ3n) is 1.92. The standard InChI is InChI=1S/C11H17OP/c1-3-4-7-12-10-6-5-9(2)8-11(10)13/h5-6,8H,3-4,7,13H2,1-2H3. The Hall–Kier alpha value is -0.550. The van der Waals surface area contributed by atoms with Gasteiger partial charge in [0.25, 0.3) is 0 Å². The van der Waals surface area contributed by atoms with Crippen LogP contribution in [0.25, 0.3) is 0 Å². The third kappa shape index (κ3) is 3.36. The van der Waals surface area contributed by atoms with Crippen molar-refractivity contribution in [1.82, 2.24) is 0 Å². The van der Waals surface area contributed by atoms with Gasteiger partial charge in [-0.1, -0.05) is 25.0 Å². The van der Waals surface area contributed by atoms with Crippen molar-refractivity contribution in [3.05, 3.63) is 23.8 Å². The largest absolute Gasteiger partial charge is 0.493 e. The Kier molecular flexibility index (Phi) is 4.24. The molecule has 0 saturated carbocycles. The van der Waals surface area contributed by atoms with Crippen LogP contribution in [0.1, 0.15) is 25.3 Å². The van der Waals surface area contributed by atoms with Gasteiger partial charge in [-0.3, -0.25) is 0 Å². The molecule has 72 valence electrons. The van der Waals surface area contributed by atoms with Crippen molar-refractivity contribution < 1.29 is 4.74 Å². The highest BCUT2D eigenvalue weighted by Gasteiger charge is 1.98. The Balaban J connectivity index is 2.56. The minimum atomic E-state index is 0.820. The molecule has 1 rings (SSSR count). The number of hydrogen-bond donors (Lipinski definition) is 0. The molecule has 1 aromatic rings. The predicted octanol–water partition coefficient (Wildman–Crippen LogP) is 2.67.